The lowest BCUT2D eigenvalue weighted by Crippen LogP contribution is -2.07. The minimum absolute atomic E-state index is 0.0333. The molecule has 1 aliphatic rings. The summed E-state index contributed by atoms with van der Waals surface area (Å²) >= 11 is 17.6. The maximum atomic E-state index is 12.5. The van der Waals surface area contributed by atoms with Crippen LogP contribution in [0, 0.1) is 17.3 Å². The molecule has 6 heteroatoms. The van der Waals surface area contributed by atoms with E-state index in [9.17, 15) is 13.2 Å². The van der Waals surface area contributed by atoms with Gasteiger partial charge in [-0.15, -0.1) is 0 Å². The highest BCUT2D eigenvalue weighted by Crippen LogP contribution is 2.61. The second-order valence-corrected chi connectivity index (χ2v) is 7.09. The van der Waals surface area contributed by atoms with Crippen molar-refractivity contribution in [3.63, 3.8) is 0 Å². The summed E-state index contributed by atoms with van der Waals surface area (Å²) in [5.74, 6) is -0.204. The molecule has 0 saturated heterocycles. The lowest BCUT2D eigenvalue weighted by atomic mass is 10.0. The molecule has 0 spiro atoms. The molecular weight excluding hydrogens is 344 g/mol. The third kappa shape index (κ3) is 3.52. The minimum Gasteiger partial charge on any atom is -0.165 e. The Kier molecular flexibility index (Phi) is 4.59. The number of hydrogen-bond donors (Lipinski definition) is 0. The standard InChI is InChI=1S/C15H14Cl3F3/c1-14(2)9(10(14)7-13(18)15(19,20)21)6-8-11(16)4-3-5-12(8)17/h3-5,7,9-10H,6H2,1-2H3/t9-,10-/m0/s1. The van der Waals surface area contributed by atoms with Crippen LogP contribution in [0.15, 0.2) is 29.3 Å². The van der Waals surface area contributed by atoms with E-state index >= 15 is 0 Å². The first-order chi connectivity index (χ1) is 9.55. The molecule has 0 heterocycles. The average Bonchev–Trinajstić information content (AvgIpc) is 2.84. The smallest absolute Gasteiger partial charge is 0.165 e. The minimum atomic E-state index is -4.49. The van der Waals surface area contributed by atoms with E-state index in [2.05, 4.69) is 0 Å². The maximum absolute atomic E-state index is 12.5. The summed E-state index contributed by atoms with van der Waals surface area (Å²) < 4.78 is 37.6. The van der Waals surface area contributed by atoms with Gasteiger partial charge in [0.15, 0.2) is 0 Å². The van der Waals surface area contributed by atoms with Gasteiger partial charge in [-0.3, -0.25) is 0 Å². The molecule has 0 N–H and O–H groups in total. The van der Waals surface area contributed by atoms with Crippen LogP contribution in [0.25, 0.3) is 0 Å². The van der Waals surface area contributed by atoms with Gasteiger partial charge in [-0.05, 0) is 41.4 Å². The summed E-state index contributed by atoms with van der Waals surface area (Å²) in [6.45, 7) is 3.84. The van der Waals surface area contributed by atoms with E-state index in [-0.39, 0.29) is 17.3 Å². The van der Waals surface area contributed by atoms with Crippen molar-refractivity contribution in [1.29, 1.82) is 0 Å². The van der Waals surface area contributed by atoms with Crippen LogP contribution in [0.2, 0.25) is 10.0 Å². The molecule has 0 aromatic heterocycles. The van der Waals surface area contributed by atoms with Crippen molar-refractivity contribution in [2.24, 2.45) is 17.3 Å². The van der Waals surface area contributed by atoms with E-state index < -0.39 is 11.2 Å². The third-order valence-corrected chi connectivity index (χ3v) is 5.27. The van der Waals surface area contributed by atoms with Crippen LogP contribution in [0.3, 0.4) is 0 Å². The summed E-state index contributed by atoms with van der Waals surface area (Å²) in [4.78, 5) is 0. The van der Waals surface area contributed by atoms with Crippen LogP contribution >= 0.6 is 34.8 Å². The molecule has 2 atom stereocenters. The summed E-state index contributed by atoms with van der Waals surface area (Å²) in [6, 6.07) is 5.20. The summed E-state index contributed by atoms with van der Waals surface area (Å²) in [5, 5.41) is 0.0121. The maximum Gasteiger partial charge on any atom is 0.426 e. The molecule has 1 saturated carbocycles. The van der Waals surface area contributed by atoms with Gasteiger partial charge >= 0.3 is 6.18 Å². The molecule has 0 aliphatic heterocycles. The predicted octanol–water partition coefficient (Wildman–Crippen LogP) is 6.49. The Bertz CT molecular complexity index is 556. The number of alkyl halides is 3. The van der Waals surface area contributed by atoms with Crippen molar-refractivity contribution in [3.05, 3.63) is 44.9 Å². The second-order valence-electron chi connectivity index (χ2n) is 5.87. The molecule has 0 nitrogen and oxygen atoms in total. The van der Waals surface area contributed by atoms with E-state index in [1.807, 2.05) is 13.8 Å². The normalized spacial score (nSPS) is 25.0. The lowest BCUT2D eigenvalue weighted by Gasteiger charge is -2.07. The largest absolute Gasteiger partial charge is 0.426 e. The van der Waals surface area contributed by atoms with Crippen molar-refractivity contribution >= 4 is 34.8 Å². The zero-order chi connectivity index (χ0) is 16.0. The Morgan fingerprint density at radius 3 is 2.24 bits per heavy atom. The van der Waals surface area contributed by atoms with E-state index in [4.69, 9.17) is 34.8 Å². The van der Waals surface area contributed by atoms with Gasteiger partial charge < -0.3 is 0 Å². The summed E-state index contributed by atoms with van der Waals surface area (Å²) in [7, 11) is 0. The van der Waals surface area contributed by atoms with Gasteiger partial charge in [-0.2, -0.15) is 13.2 Å². The van der Waals surface area contributed by atoms with Crippen LogP contribution in [0.1, 0.15) is 19.4 Å². The van der Waals surface area contributed by atoms with E-state index in [1.165, 1.54) is 0 Å². The Balaban J connectivity index is 2.19. The summed E-state index contributed by atoms with van der Waals surface area (Å²) in [5.41, 5.74) is 0.520. The SMILES string of the molecule is CC1(C)[C@@H](C=C(Cl)C(F)(F)F)[C@@H]1Cc1c(Cl)cccc1Cl. The van der Waals surface area contributed by atoms with Gasteiger partial charge in [0.25, 0.3) is 0 Å². The molecule has 1 aromatic carbocycles. The fourth-order valence-electron chi connectivity index (χ4n) is 2.71. The van der Waals surface area contributed by atoms with Gasteiger partial charge in [0.05, 0.1) is 0 Å². The van der Waals surface area contributed by atoms with Crippen LogP contribution < -0.4 is 0 Å². The van der Waals surface area contributed by atoms with E-state index in [1.54, 1.807) is 18.2 Å². The third-order valence-electron chi connectivity index (χ3n) is 4.22. The Morgan fingerprint density at radius 2 is 1.76 bits per heavy atom. The van der Waals surface area contributed by atoms with Crippen LogP contribution in [0.4, 0.5) is 13.2 Å². The number of benzene rings is 1. The van der Waals surface area contributed by atoms with Crippen molar-refractivity contribution in [1.82, 2.24) is 0 Å². The van der Waals surface area contributed by atoms with E-state index in [0.29, 0.717) is 16.5 Å². The second kappa shape index (κ2) is 5.68. The topological polar surface area (TPSA) is 0 Å². The highest BCUT2D eigenvalue weighted by Gasteiger charge is 2.57. The number of allylic oxidation sites excluding steroid dienone is 2. The van der Waals surface area contributed by atoms with Crippen LogP contribution in [-0.2, 0) is 6.42 Å². The molecule has 0 unspecified atom stereocenters. The molecule has 1 fully saturated rings. The Morgan fingerprint density at radius 1 is 1.24 bits per heavy atom. The molecule has 0 radical (unpaired) electrons. The highest BCUT2D eigenvalue weighted by molar-refractivity contribution is 6.36. The van der Waals surface area contributed by atoms with Crippen molar-refractivity contribution in [3.8, 4) is 0 Å². The predicted molar refractivity (Wildman–Crippen MR) is 80.9 cm³/mol. The van der Waals surface area contributed by atoms with Gasteiger partial charge in [0.2, 0.25) is 0 Å². The zero-order valence-electron chi connectivity index (χ0n) is 11.4. The Labute approximate surface area is 136 Å². The van der Waals surface area contributed by atoms with Gasteiger partial charge in [0.1, 0.15) is 5.03 Å². The zero-order valence-corrected chi connectivity index (χ0v) is 13.7. The average molecular weight is 358 g/mol. The monoisotopic (exact) mass is 356 g/mol. The van der Waals surface area contributed by atoms with Gasteiger partial charge in [-0.1, -0.05) is 60.8 Å². The highest BCUT2D eigenvalue weighted by atomic mass is 35.5. The first-order valence-electron chi connectivity index (χ1n) is 6.42. The van der Waals surface area contributed by atoms with Crippen molar-refractivity contribution in [2.45, 2.75) is 26.4 Å². The molecule has 0 amide bonds. The van der Waals surface area contributed by atoms with Crippen molar-refractivity contribution in [2.75, 3.05) is 0 Å². The molecular formula is C15H14Cl3F3. The Hall–Kier alpha value is -0.380. The van der Waals surface area contributed by atoms with Crippen LogP contribution in [-0.4, -0.2) is 6.18 Å². The van der Waals surface area contributed by atoms with Gasteiger partial charge in [0, 0.05) is 10.0 Å². The number of hydrogen-bond acceptors (Lipinski definition) is 0. The summed E-state index contributed by atoms with van der Waals surface area (Å²) in [6.07, 6.45) is -2.85. The van der Waals surface area contributed by atoms with Crippen molar-refractivity contribution < 1.29 is 13.2 Å². The first kappa shape index (κ1) is 17.0. The molecule has 0 bridgehead atoms. The fourth-order valence-corrected chi connectivity index (χ4v) is 3.39. The van der Waals surface area contributed by atoms with Gasteiger partial charge in [-0.25, -0.2) is 0 Å². The molecule has 21 heavy (non-hydrogen) atoms. The molecule has 1 aromatic rings. The lowest BCUT2D eigenvalue weighted by molar-refractivity contribution is -0.0848. The quantitative estimate of drug-likeness (QED) is 0.579. The van der Waals surface area contributed by atoms with E-state index in [0.717, 1.165) is 11.6 Å². The first-order valence-corrected chi connectivity index (χ1v) is 7.56. The fraction of sp³-hybridized carbons (Fsp3) is 0.467. The number of rotatable bonds is 3. The molecule has 1 aliphatic carbocycles. The molecule has 116 valence electrons. The molecule has 2 rings (SSSR count). The van der Waals surface area contributed by atoms with Crippen LogP contribution in [0.5, 0.6) is 0 Å². The number of halogens is 6.